The molecular weight excluding hydrogens is 350 g/mol. The second kappa shape index (κ2) is 8.55. The highest BCUT2D eigenvalue weighted by Gasteiger charge is 2.73. The number of nitrogens with one attached hydrogen (secondary N) is 1. The van der Waals surface area contributed by atoms with Crippen LogP contribution in [0.5, 0.6) is 0 Å². The van der Waals surface area contributed by atoms with Gasteiger partial charge in [0, 0.05) is 12.1 Å². The van der Waals surface area contributed by atoms with E-state index < -0.39 is 30.3 Å². The van der Waals surface area contributed by atoms with Gasteiger partial charge in [0.2, 0.25) is 0 Å². The predicted molar refractivity (Wildman–Crippen MR) is 83.2 cm³/mol. The number of benzene rings is 1. The van der Waals surface area contributed by atoms with E-state index >= 15 is 0 Å². The normalized spacial score (nSPS) is 14.7. The minimum atomic E-state index is -5.87. The molecule has 9 heteroatoms. The molecule has 0 bridgehead atoms. The van der Waals surface area contributed by atoms with Crippen molar-refractivity contribution >= 4 is 11.9 Å². The average Bonchev–Trinajstić information content (AvgIpc) is 2.51. The number of halogens is 6. The van der Waals surface area contributed by atoms with Gasteiger partial charge in [0.15, 0.2) is 0 Å². The highest BCUT2D eigenvalue weighted by molar-refractivity contribution is 5.64. The Morgan fingerprint density at radius 3 is 2.08 bits per heavy atom. The van der Waals surface area contributed by atoms with E-state index in [-0.39, 0.29) is 6.42 Å². The lowest BCUT2D eigenvalue weighted by atomic mass is 9.83. The predicted octanol–water partition coefficient (Wildman–Crippen LogP) is 5.14. The van der Waals surface area contributed by atoms with Gasteiger partial charge in [0.1, 0.15) is 0 Å². The smallest absolute Gasteiger partial charge is 0.373 e. The van der Waals surface area contributed by atoms with E-state index in [0.717, 1.165) is 0 Å². The lowest BCUT2D eigenvalue weighted by molar-refractivity contribution is -0.378. The number of alkyl halides is 6. The lowest BCUT2D eigenvalue weighted by Gasteiger charge is -2.37. The first kappa shape index (κ1) is 21.3. The molecule has 1 atom stereocenters. The summed E-state index contributed by atoms with van der Waals surface area (Å²) >= 11 is 0. The molecule has 0 radical (unpaired) electrons. The van der Waals surface area contributed by atoms with E-state index in [1.54, 1.807) is 37.3 Å². The fourth-order valence-corrected chi connectivity index (χ4v) is 2.30. The van der Waals surface area contributed by atoms with E-state index in [9.17, 15) is 31.4 Å². The summed E-state index contributed by atoms with van der Waals surface area (Å²) in [6.45, 7) is 1.76. The number of aliphatic hydroxyl groups is 1. The highest BCUT2D eigenvalue weighted by atomic mass is 19.4. The van der Waals surface area contributed by atoms with E-state index in [2.05, 4.69) is 10.5 Å². The van der Waals surface area contributed by atoms with Crippen LogP contribution < -0.4 is 5.43 Å². The largest absolute Gasteiger partial charge is 0.426 e. The number of para-hydroxylation sites is 1. The van der Waals surface area contributed by atoms with Gasteiger partial charge in [-0.15, -0.1) is 0 Å². The maximum atomic E-state index is 13.1. The Bertz CT molecular complexity index is 528. The maximum Gasteiger partial charge on any atom is 0.426 e. The van der Waals surface area contributed by atoms with E-state index in [4.69, 9.17) is 0 Å². The van der Waals surface area contributed by atoms with Gasteiger partial charge in [-0.2, -0.15) is 31.4 Å². The molecule has 0 spiro atoms. The molecule has 25 heavy (non-hydrogen) atoms. The van der Waals surface area contributed by atoms with Crippen LogP contribution in [-0.2, 0) is 0 Å². The van der Waals surface area contributed by atoms with Crippen molar-refractivity contribution in [3.8, 4) is 0 Å². The van der Waals surface area contributed by atoms with Gasteiger partial charge < -0.3 is 5.11 Å². The Morgan fingerprint density at radius 1 is 1.04 bits per heavy atom. The number of hydrogen-bond donors (Lipinski definition) is 2. The van der Waals surface area contributed by atoms with Gasteiger partial charge in [-0.3, -0.25) is 5.43 Å². The Labute approximate surface area is 141 Å². The minimum Gasteiger partial charge on any atom is -0.373 e. The van der Waals surface area contributed by atoms with Gasteiger partial charge in [0.25, 0.3) is 5.60 Å². The Balaban J connectivity index is 3.08. The molecule has 0 saturated carbocycles. The number of anilines is 1. The van der Waals surface area contributed by atoms with Crippen LogP contribution in [0.1, 0.15) is 32.6 Å². The summed E-state index contributed by atoms with van der Waals surface area (Å²) in [7, 11) is 0. The first-order valence-corrected chi connectivity index (χ1v) is 7.74. The van der Waals surface area contributed by atoms with Gasteiger partial charge in [-0.1, -0.05) is 44.4 Å². The molecule has 1 rings (SSSR count). The van der Waals surface area contributed by atoms with Crippen LogP contribution in [0.2, 0.25) is 0 Å². The Morgan fingerprint density at radius 2 is 1.60 bits per heavy atom. The fourth-order valence-electron chi connectivity index (χ4n) is 2.30. The number of unbranched alkanes of at least 4 members (excludes halogenated alkanes) is 2. The first-order chi connectivity index (χ1) is 11.5. The third-order valence-corrected chi connectivity index (χ3v) is 3.74. The number of hydrogen-bond acceptors (Lipinski definition) is 3. The molecule has 1 aromatic carbocycles. The second-order valence-electron chi connectivity index (χ2n) is 5.62. The second-order valence-corrected chi connectivity index (χ2v) is 5.62. The van der Waals surface area contributed by atoms with E-state index in [1.165, 1.54) is 0 Å². The van der Waals surface area contributed by atoms with Crippen molar-refractivity contribution in [1.29, 1.82) is 0 Å². The molecule has 0 aliphatic carbocycles. The Hall–Kier alpha value is -1.77. The molecule has 0 saturated heterocycles. The van der Waals surface area contributed by atoms with Crippen molar-refractivity contribution < 1.29 is 31.4 Å². The first-order valence-electron chi connectivity index (χ1n) is 7.74. The number of nitrogens with zero attached hydrogens (tertiary/aromatic N) is 1. The summed E-state index contributed by atoms with van der Waals surface area (Å²) in [6.07, 6.45) is -10.6. The van der Waals surface area contributed by atoms with Crippen LogP contribution in [0.3, 0.4) is 0 Å². The molecule has 142 valence electrons. The standard InChI is InChI=1S/C16H20F6N2O/c1-2-3-5-8-12(11-23-24-13-9-6-4-7-10-13)14(25,15(17,18)19)16(20,21)22/h4,6-7,9-12,24-25H,2-3,5,8H2,1H3/b23-11+/t12-/m1/s1. The number of hydrazone groups is 1. The third-order valence-electron chi connectivity index (χ3n) is 3.74. The monoisotopic (exact) mass is 370 g/mol. The highest BCUT2D eigenvalue weighted by Crippen LogP contribution is 2.48. The quantitative estimate of drug-likeness (QED) is 0.288. The Kier molecular flexibility index (Phi) is 7.28. The van der Waals surface area contributed by atoms with Crippen molar-refractivity contribution in [3.05, 3.63) is 30.3 Å². The van der Waals surface area contributed by atoms with Crippen LogP contribution in [0.15, 0.2) is 35.4 Å². The van der Waals surface area contributed by atoms with Crippen LogP contribution >= 0.6 is 0 Å². The molecule has 1 aromatic rings. The zero-order chi connectivity index (χ0) is 19.1. The van der Waals surface area contributed by atoms with Gasteiger partial charge >= 0.3 is 12.4 Å². The molecular formula is C16H20F6N2O. The molecule has 3 nitrogen and oxygen atoms in total. The van der Waals surface area contributed by atoms with Crippen LogP contribution in [-0.4, -0.2) is 29.3 Å². The van der Waals surface area contributed by atoms with Crippen molar-refractivity contribution in [2.75, 3.05) is 5.43 Å². The molecule has 0 aromatic heterocycles. The lowest BCUT2D eigenvalue weighted by Crippen LogP contribution is -2.62. The molecule has 0 aliphatic rings. The zero-order valence-corrected chi connectivity index (χ0v) is 13.5. The summed E-state index contributed by atoms with van der Waals surface area (Å²) in [5.41, 5.74) is -2.09. The molecule has 0 unspecified atom stereocenters. The van der Waals surface area contributed by atoms with Crippen LogP contribution in [0, 0.1) is 5.92 Å². The number of rotatable bonds is 8. The van der Waals surface area contributed by atoms with Crippen LogP contribution in [0.4, 0.5) is 32.0 Å². The minimum absolute atomic E-state index is 0.104. The van der Waals surface area contributed by atoms with Gasteiger partial charge in [-0.05, 0) is 18.6 Å². The van der Waals surface area contributed by atoms with Crippen LogP contribution in [0.25, 0.3) is 0 Å². The molecule has 0 heterocycles. The molecule has 2 N–H and O–H groups in total. The topological polar surface area (TPSA) is 44.6 Å². The van der Waals surface area contributed by atoms with Gasteiger partial charge in [0.05, 0.1) is 5.69 Å². The summed E-state index contributed by atoms with van der Waals surface area (Å²) in [5, 5.41) is 13.1. The zero-order valence-electron chi connectivity index (χ0n) is 13.5. The van der Waals surface area contributed by atoms with Crippen molar-refractivity contribution in [2.24, 2.45) is 11.0 Å². The summed E-state index contributed by atoms with van der Waals surface area (Å²) in [4.78, 5) is 0. The van der Waals surface area contributed by atoms with Crippen molar-refractivity contribution in [2.45, 2.75) is 50.6 Å². The SMILES string of the molecule is CCCCC[C@H](/C=N/Nc1ccccc1)C(O)(C(F)(F)F)C(F)(F)F. The van der Waals surface area contributed by atoms with Crippen molar-refractivity contribution in [3.63, 3.8) is 0 Å². The van der Waals surface area contributed by atoms with E-state index in [0.29, 0.717) is 24.7 Å². The van der Waals surface area contributed by atoms with Gasteiger partial charge in [-0.25, -0.2) is 0 Å². The fraction of sp³-hybridized carbons (Fsp3) is 0.562. The summed E-state index contributed by atoms with van der Waals surface area (Å²) < 4.78 is 78.3. The third kappa shape index (κ3) is 5.35. The van der Waals surface area contributed by atoms with Crippen molar-refractivity contribution in [1.82, 2.24) is 0 Å². The maximum absolute atomic E-state index is 13.1. The summed E-state index contributed by atoms with van der Waals surface area (Å²) in [5.74, 6) is -2.25. The molecule has 0 fully saturated rings. The molecule has 0 aliphatic heterocycles. The summed E-state index contributed by atoms with van der Waals surface area (Å²) in [6, 6.07) is 8.03. The average molecular weight is 370 g/mol. The van der Waals surface area contributed by atoms with E-state index in [1.807, 2.05) is 0 Å². The molecule has 0 amide bonds.